The Labute approximate surface area is 356 Å². The molecule has 1 unspecified atom stereocenters. The molecule has 2 rings (SSSR count). The normalized spacial score (nSPS) is 16.8. The molecule has 2 aliphatic carbocycles. The summed E-state index contributed by atoms with van der Waals surface area (Å²) in [7, 11) is 4.34. The summed E-state index contributed by atoms with van der Waals surface area (Å²) < 4.78 is 18.2. The fourth-order valence-electron chi connectivity index (χ4n) is 4.09. The summed E-state index contributed by atoms with van der Waals surface area (Å²) in [5, 5.41) is 0. The topological polar surface area (TPSA) is 83.4 Å². The molecule has 277 valence electrons. The van der Waals surface area contributed by atoms with Crippen LogP contribution in [0.3, 0.4) is 0 Å². The van der Waals surface area contributed by atoms with Gasteiger partial charge in [0.1, 0.15) is 0 Å². The number of ketones is 2. The van der Waals surface area contributed by atoms with Crippen molar-refractivity contribution in [2.45, 2.75) is 91.4 Å². The molecule has 0 aromatic rings. The maximum atomic E-state index is 11.6. The van der Waals surface area contributed by atoms with E-state index in [2.05, 4.69) is 40.7 Å². The second-order valence-electron chi connectivity index (χ2n) is 10.1. The van der Waals surface area contributed by atoms with Crippen molar-refractivity contribution in [3.05, 3.63) is 22.3 Å². The van der Waals surface area contributed by atoms with Gasteiger partial charge in [-0.05, 0) is 49.8 Å². The molecule has 0 heterocycles. The van der Waals surface area contributed by atoms with Crippen molar-refractivity contribution < 1.29 is 28.5 Å². The average Bonchev–Trinajstić information content (AvgIpc) is 3.43. The molecule has 0 saturated carbocycles. The molecular weight excluding hydrogens is 971 g/mol. The van der Waals surface area contributed by atoms with E-state index < -0.39 is 27.8 Å². The number of carbonyl (C=O) groups is 2. The standard InChI is InChI=1S/C13H15BrCl6O3.C13H16Cl6O3.BHNS/c1-7-8(2-3-10(7)21)9(14)4-11(22-5-12(15,16)17)23-6-13(18,19)20;1-8-9(2-4-10(8)20)3-5-11(21-6-12(14,15)16)22-7-13(17,18)19;1-2-3/h9,11H,2-6H2,1H3;11H,2-7H2,1H3;3H. The van der Waals surface area contributed by atoms with E-state index in [0.29, 0.717) is 38.5 Å². The minimum atomic E-state index is -1.58. The Balaban J connectivity index is 0.000000851. The molecule has 0 saturated heterocycles. The molecule has 0 aliphatic heterocycles. The second-order valence-corrected chi connectivity index (χ2v) is 21.5. The number of hydrogen-bond donors (Lipinski definition) is 1. The molecular formula is C26H32BBrCl12NO6S. The monoisotopic (exact) mass is 996 g/mol. The first-order valence-corrected chi connectivity index (χ1v) is 19.5. The Morgan fingerprint density at radius 3 is 1.35 bits per heavy atom. The molecule has 0 aromatic heterocycles. The minimum absolute atomic E-state index is 0.121. The van der Waals surface area contributed by atoms with Crippen molar-refractivity contribution in [1.29, 1.82) is 0 Å². The zero-order valence-corrected chi connectivity index (χ0v) is 36.9. The summed E-state index contributed by atoms with van der Waals surface area (Å²) in [6, 6.07) is 0. The number of halogens is 13. The van der Waals surface area contributed by atoms with Crippen molar-refractivity contribution in [2.75, 3.05) is 26.4 Å². The van der Waals surface area contributed by atoms with E-state index in [9.17, 15) is 9.59 Å². The van der Waals surface area contributed by atoms with E-state index in [4.69, 9.17) is 158 Å². The van der Waals surface area contributed by atoms with Gasteiger partial charge in [0.05, 0.1) is 26.4 Å². The van der Waals surface area contributed by atoms with Crippen LogP contribution >= 0.6 is 168 Å². The van der Waals surface area contributed by atoms with E-state index in [0.717, 1.165) is 28.7 Å². The first-order valence-electron chi connectivity index (χ1n) is 13.6. The predicted molar refractivity (Wildman–Crippen MR) is 210 cm³/mol. The number of ether oxygens (including phenoxy) is 4. The molecule has 0 amide bonds. The fraction of sp³-hybridized carbons (Fsp3) is 0.769. The summed E-state index contributed by atoms with van der Waals surface area (Å²) in [5.41, 5.74) is 3.66. The van der Waals surface area contributed by atoms with Gasteiger partial charge in [0.15, 0.2) is 24.1 Å². The Bertz CT molecular complexity index is 1080. The Morgan fingerprint density at radius 2 is 1.04 bits per heavy atom. The molecule has 0 N–H and O–H groups in total. The first kappa shape index (κ1) is 50.8. The van der Waals surface area contributed by atoms with Crippen molar-refractivity contribution in [1.82, 2.24) is 0 Å². The quantitative estimate of drug-likeness (QED) is 0.0808. The van der Waals surface area contributed by atoms with Gasteiger partial charge in [-0.3, -0.25) is 9.59 Å². The number of allylic oxidation sites excluding steroid dienone is 4. The van der Waals surface area contributed by atoms with Crippen LogP contribution in [0.4, 0.5) is 0 Å². The van der Waals surface area contributed by atoms with E-state index in [1.54, 1.807) is 6.92 Å². The maximum absolute atomic E-state index is 11.6. The zero-order chi connectivity index (χ0) is 37.5. The Kier molecular flexibility index (Phi) is 25.8. The van der Waals surface area contributed by atoms with Gasteiger partial charge in [0, 0.05) is 30.5 Å². The molecule has 7 nitrogen and oxygen atoms in total. The van der Waals surface area contributed by atoms with Crippen molar-refractivity contribution >= 4 is 187 Å². The van der Waals surface area contributed by atoms with Crippen molar-refractivity contribution in [3.8, 4) is 0 Å². The molecule has 48 heavy (non-hydrogen) atoms. The van der Waals surface area contributed by atoms with Gasteiger partial charge in [-0.2, -0.15) is 0 Å². The van der Waals surface area contributed by atoms with Crippen LogP contribution in [0, 0.1) is 0 Å². The number of nitrogens with zero attached hydrogens (tertiary/aromatic N) is 1. The summed E-state index contributed by atoms with van der Waals surface area (Å²) in [5.74, 6) is 0.321. The van der Waals surface area contributed by atoms with Gasteiger partial charge < -0.3 is 18.9 Å². The summed E-state index contributed by atoms with van der Waals surface area (Å²) in [6.07, 6.45) is 2.55. The second kappa shape index (κ2) is 24.4. The molecule has 2 aliphatic rings. The van der Waals surface area contributed by atoms with Crippen LogP contribution in [0.1, 0.15) is 58.8 Å². The van der Waals surface area contributed by atoms with E-state index in [-0.39, 0.29) is 42.8 Å². The van der Waals surface area contributed by atoms with Crippen LogP contribution in [-0.2, 0) is 28.5 Å². The number of carbonyl (C=O) groups excluding carboxylic acids is 2. The first-order chi connectivity index (χ1) is 21.8. The van der Waals surface area contributed by atoms with Gasteiger partial charge >= 0.3 is 24.8 Å². The van der Waals surface area contributed by atoms with Crippen molar-refractivity contribution in [2.24, 2.45) is 4.30 Å². The van der Waals surface area contributed by atoms with E-state index >= 15 is 0 Å². The zero-order valence-electron chi connectivity index (χ0n) is 25.3. The van der Waals surface area contributed by atoms with Gasteiger partial charge in [-0.25, -0.2) is 0 Å². The summed E-state index contributed by atoms with van der Waals surface area (Å²) in [6.45, 7) is 2.96. The molecule has 1 atom stereocenters. The summed E-state index contributed by atoms with van der Waals surface area (Å²) >= 11 is 74.7. The third-order valence-corrected chi connectivity index (χ3v) is 8.55. The van der Waals surface area contributed by atoms with Gasteiger partial charge in [-0.1, -0.05) is 161 Å². The van der Waals surface area contributed by atoms with Crippen LogP contribution < -0.4 is 0 Å². The number of Topliss-reactive ketones (excluding diaryl/α,β-unsaturated/α-hetero) is 2. The Hall–Kier alpha value is 2.83. The van der Waals surface area contributed by atoms with Gasteiger partial charge in [-0.15, -0.1) is 0 Å². The molecule has 0 bridgehead atoms. The van der Waals surface area contributed by atoms with E-state index in [1.807, 2.05) is 6.92 Å². The van der Waals surface area contributed by atoms with Gasteiger partial charge in [0.2, 0.25) is 15.2 Å². The molecule has 0 fully saturated rings. The van der Waals surface area contributed by atoms with Crippen LogP contribution in [-0.4, -0.2) is 78.2 Å². The summed E-state index contributed by atoms with van der Waals surface area (Å²) in [4.78, 5) is 23.0. The van der Waals surface area contributed by atoms with Gasteiger partial charge in [0.25, 0.3) is 0 Å². The van der Waals surface area contributed by atoms with Crippen LogP contribution in [0.25, 0.3) is 0 Å². The third-order valence-electron chi connectivity index (χ3n) is 6.31. The number of alkyl halides is 13. The SMILES string of the molecule is CC1=C(C(Br)CC(OCC(Cl)(Cl)Cl)OCC(Cl)(Cl)Cl)CCC1=O.CC1=C(CCC(OCC(Cl)(Cl)Cl)OCC(Cl)(Cl)Cl)CCC1=O.[B]=NS. The molecule has 22 heteroatoms. The Morgan fingerprint density at radius 1 is 0.688 bits per heavy atom. The fourth-order valence-corrected chi connectivity index (χ4v) is 5.73. The average molecular weight is 1000 g/mol. The number of rotatable bonds is 14. The third kappa shape index (κ3) is 25.8. The number of hydrogen-bond acceptors (Lipinski definition) is 8. The van der Waals surface area contributed by atoms with Crippen LogP contribution in [0.2, 0.25) is 0 Å². The van der Waals surface area contributed by atoms with Crippen LogP contribution in [0.5, 0.6) is 0 Å². The van der Waals surface area contributed by atoms with Crippen LogP contribution in [0.15, 0.2) is 26.6 Å². The molecule has 0 spiro atoms. The van der Waals surface area contributed by atoms with E-state index in [1.165, 1.54) is 0 Å². The molecule has 1 radical (unpaired) electrons. The molecule has 0 aromatic carbocycles. The number of thiol groups is 1. The van der Waals surface area contributed by atoms with Crippen molar-refractivity contribution in [3.63, 3.8) is 0 Å². The predicted octanol–water partition coefficient (Wildman–Crippen LogP) is 11.6.